The van der Waals surface area contributed by atoms with Crippen molar-refractivity contribution in [2.45, 2.75) is 38.6 Å². The molecule has 1 amide bonds. The third-order valence-electron chi connectivity index (χ3n) is 4.20. The van der Waals surface area contributed by atoms with Crippen LogP contribution in [0.1, 0.15) is 32.6 Å². The van der Waals surface area contributed by atoms with Gasteiger partial charge in [-0.05, 0) is 43.9 Å². The van der Waals surface area contributed by atoms with Crippen molar-refractivity contribution < 1.29 is 9.90 Å². The van der Waals surface area contributed by atoms with Crippen molar-refractivity contribution in [3.05, 3.63) is 0 Å². The van der Waals surface area contributed by atoms with Crippen molar-refractivity contribution in [3.8, 4) is 0 Å². The predicted molar refractivity (Wildman–Crippen MR) is 61.7 cm³/mol. The zero-order chi connectivity index (χ0) is 11.8. The van der Waals surface area contributed by atoms with Crippen LogP contribution in [-0.4, -0.2) is 41.7 Å². The van der Waals surface area contributed by atoms with Crippen LogP contribution >= 0.6 is 0 Å². The monoisotopic (exact) mass is 226 g/mol. The van der Waals surface area contributed by atoms with Gasteiger partial charge in [0.25, 0.3) is 0 Å². The first-order chi connectivity index (χ1) is 7.56. The number of amides is 1. The lowest BCUT2D eigenvalue weighted by Gasteiger charge is -2.25. The summed E-state index contributed by atoms with van der Waals surface area (Å²) >= 11 is 0. The van der Waals surface area contributed by atoms with Gasteiger partial charge in [0, 0.05) is 19.7 Å². The van der Waals surface area contributed by atoms with Crippen molar-refractivity contribution in [2.24, 2.45) is 17.1 Å². The second kappa shape index (κ2) is 4.34. The number of aliphatic hydroxyl groups excluding tert-OH is 1. The number of hydrogen-bond donors (Lipinski definition) is 2. The van der Waals surface area contributed by atoms with E-state index < -0.39 is 0 Å². The van der Waals surface area contributed by atoms with Gasteiger partial charge in [-0.2, -0.15) is 0 Å². The largest absolute Gasteiger partial charge is 0.396 e. The summed E-state index contributed by atoms with van der Waals surface area (Å²) in [6.07, 6.45) is 4.42. The van der Waals surface area contributed by atoms with Gasteiger partial charge in [0.1, 0.15) is 0 Å². The van der Waals surface area contributed by atoms with E-state index in [1.807, 2.05) is 4.90 Å². The summed E-state index contributed by atoms with van der Waals surface area (Å²) in [5.74, 6) is 0.523. The minimum atomic E-state index is -0.384. The van der Waals surface area contributed by atoms with E-state index in [1.165, 1.54) is 0 Å². The molecule has 2 rings (SSSR count). The summed E-state index contributed by atoms with van der Waals surface area (Å²) in [6, 6.07) is -0.384. The van der Waals surface area contributed by atoms with Crippen molar-refractivity contribution in [3.63, 3.8) is 0 Å². The third kappa shape index (κ3) is 2.09. The maximum atomic E-state index is 11.8. The molecule has 1 saturated heterocycles. The van der Waals surface area contributed by atoms with E-state index in [9.17, 15) is 9.90 Å². The zero-order valence-electron chi connectivity index (χ0n) is 9.98. The normalized spacial score (nSPS) is 35.9. The van der Waals surface area contributed by atoms with E-state index in [2.05, 4.69) is 0 Å². The van der Waals surface area contributed by atoms with Crippen molar-refractivity contribution >= 4 is 5.91 Å². The molecule has 1 aliphatic heterocycles. The fourth-order valence-electron chi connectivity index (χ4n) is 3.26. The number of nitrogens with zero attached hydrogens (tertiary/aromatic N) is 1. The van der Waals surface area contributed by atoms with Gasteiger partial charge in [0.2, 0.25) is 5.91 Å². The molecule has 0 radical (unpaired) electrons. The molecule has 0 unspecified atom stereocenters. The molecule has 4 heteroatoms. The maximum absolute atomic E-state index is 11.8. The Hall–Kier alpha value is -0.610. The van der Waals surface area contributed by atoms with Crippen LogP contribution in [0.2, 0.25) is 0 Å². The van der Waals surface area contributed by atoms with Gasteiger partial charge in [-0.3, -0.25) is 4.79 Å². The highest BCUT2D eigenvalue weighted by molar-refractivity contribution is 5.81. The summed E-state index contributed by atoms with van der Waals surface area (Å²) in [6.45, 7) is 3.74. The molecule has 0 bridgehead atoms. The predicted octanol–water partition coefficient (Wildman–Crippen LogP) is 0.345. The van der Waals surface area contributed by atoms with Crippen LogP contribution in [-0.2, 0) is 4.79 Å². The van der Waals surface area contributed by atoms with Crippen LogP contribution in [0.4, 0.5) is 0 Å². The van der Waals surface area contributed by atoms with Gasteiger partial charge in [-0.1, -0.05) is 0 Å². The Bertz CT molecular complexity index is 280. The molecular weight excluding hydrogens is 204 g/mol. The van der Waals surface area contributed by atoms with Gasteiger partial charge in [-0.15, -0.1) is 0 Å². The van der Waals surface area contributed by atoms with E-state index in [0.29, 0.717) is 12.5 Å². The summed E-state index contributed by atoms with van der Waals surface area (Å²) in [4.78, 5) is 13.7. The SMILES string of the molecule is C[C@H](N)C(=O)N1CC[C@]2(CC[C@H](CO)C2)C1. The number of carbonyl (C=O) groups is 1. The molecule has 92 valence electrons. The minimum Gasteiger partial charge on any atom is -0.396 e. The zero-order valence-corrected chi connectivity index (χ0v) is 9.98. The first kappa shape index (κ1) is 11.9. The Balaban J connectivity index is 1.95. The number of likely N-dealkylation sites (tertiary alicyclic amines) is 1. The summed E-state index contributed by atoms with van der Waals surface area (Å²) in [7, 11) is 0. The minimum absolute atomic E-state index is 0.0734. The molecule has 2 fully saturated rings. The molecule has 16 heavy (non-hydrogen) atoms. The van der Waals surface area contributed by atoms with E-state index >= 15 is 0 Å². The molecule has 0 aromatic rings. The number of nitrogens with two attached hydrogens (primary N) is 1. The second-order valence-corrected chi connectivity index (χ2v) is 5.59. The van der Waals surface area contributed by atoms with Crippen LogP contribution in [0.3, 0.4) is 0 Å². The fourth-order valence-corrected chi connectivity index (χ4v) is 3.26. The van der Waals surface area contributed by atoms with E-state index in [4.69, 9.17) is 5.73 Å². The van der Waals surface area contributed by atoms with Crippen LogP contribution in [0.15, 0.2) is 0 Å². The molecule has 4 nitrogen and oxygen atoms in total. The molecule has 0 aromatic heterocycles. The molecule has 1 aliphatic carbocycles. The lowest BCUT2D eigenvalue weighted by Crippen LogP contribution is -2.41. The number of rotatable bonds is 2. The van der Waals surface area contributed by atoms with Gasteiger partial charge in [0.05, 0.1) is 6.04 Å². The van der Waals surface area contributed by atoms with Crippen LogP contribution in [0.25, 0.3) is 0 Å². The highest BCUT2D eigenvalue weighted by Gasteiger charge is 2.45. The van der Waals surface area contributed by atoms with Crippen LogP contribution < -0.4 is 5.73 Å². The fraction of sp³-hybridized carbons (Fsp3) is 0.917. The molecule has 0 aromatic carbocycles. The molecule has 1 spiro atoms. The number of carbonyl (C=O) groups excluding carboxylic acids is 1. The number of aliphatic hydroxyl groups is 1. The van der Waals surface area contributed by atoms with E-state index in [0.717, 1.165) is 38.8 Å². The average Bonchev–Trinajstić information content (AvgIpc) is 2.85. The molecule has 1 heterocycles. The van der Waals surface area contributed by atoms with Crippen LogP contribution in [0.5, 0.6) is 0 Å². The second-order valence-electron chi connectivity index (χ2n) is 5.59. The van der Waals surface area contributed by atoms with Crippen molar-refractivity contribution in [2.75, 3.05) is 19.7 Å². The Morgan fingerprint density at radius 3 is 2.94 bits per heavy atom. The molecule has 2 aliphatic rings. The maximum Gasteiger partial charge on any atom is 0.239 e. The molecule has 3 atom stereocenters. The Morgan fingerprint density at radius 2 is 2.38 bits per heavy atom. The average molecular weight is 226 g/mol. The summed E-state index contributed by atoms with van der Waals surface area (Å²) < 4.78 is 0. The van der Waals surface area contributed by atoms with Crippen molar-refractivity contribution in [1.29, 1.82) is 0 Å². The summed E-state index contributed by atoms with van der Waals surface area (Å²) in [5.41, 5.74) is 5.91. The molecule has 1 saturated carbocycles. The first-order valence-corrected chi connectivity index (χ1v) is 6.21. The third-order valence-corrected chi connectivity index (χ3v) is 4.20. The van der Waals surface area contributed by atoms with Gasteiger partial charge in [0.15, 0.2) is 0 Å². The Labute approximate surface area is 96.8 Å². The van der Waals surface area contributed by atoms with Gasteiger partial charge in [-0.25, -0.2) is 0 Å². The highest BCUT2D eigenvalue weighted by Crippen LogP contribution is 2.47. The smallest absolute Gasteiger partial charge is 0.239 e. The van der Waals surface area contributed by atoms with Crippen LogP contribution in [0, 0.1) is 11.3 Å². The van der Waals surface area contributed by atoms with Gasteiger partial charge < -0.3 is 15.7 Å². The molecule has 3 N–H and O–H groups in total. The lowest BCUT2D eigenvalue weighted by molar-refractivity contribution is -0.131. The van der Waals surface area contributed by atoms with Gasteiger partial charge >= 0.3 is 0 Å². The van der Waals surface area contributed by atoms with E-state index in [1.54, 1.807) is 6.92 Å². The quantitative estimate of drug-likeness (QED) is 0.714. The lowest BCUT2D eigenvalue weighted by atomic mass is 9.84. The standard InChI is InChI=1S/C12H22N2O2/c1-9(13)11(16)14-5-4-12(8-14)3-2-10(6-12)7-15/h9-10,15H,2-8,13H2,1H3/t9-,10-,12-/m0/s1. The molecular formula is C12H22N2O2. The first-order valence-electron chi connectivity index (χ1n) is 6.21. The number of hydrogen-bond acceptors (Lipinski definition) is 3. The van der Waals surface area contributed by atoms with E-state index in [-0.39, 0.29) is 17.4 Å². The summed E-state index contributed by atoms with van der Waals surface area (Å²) in [5, 5.41) is 9.17. The Morgan fingerprint density at radius 1 is 1.62 bits per heavy atom. The highest BCUT2D eigenvalue weighted by atomic mass is 16.3. The topological polar surface area (TPSA) is 66.6 Å². The Kier molecular flexibility index (Phi) is 3.22. The van der Waals surface area contributed by atoms with Crippen molar-refractivity contribution in [1.82, 2.24) is 4.90 Å².